The average Bonchev–Trinajstić information content (AvgIpc) is 3.13. The summed E-state index contributed by atoms with van der Waals surface area (Å²) in [6.45, 7) is 6.24. The Morgan fingerprint density at radius 1 is 0.767 bits per heavy atom. The summed E-state index contributed by atoms with van der Waals surface area (Å²) in [7, 11) is 0. The monoisotopic (exact) mass is 392 g/mol. The summed E-state index contributed by atoms with van der Waals surface area (Å²) in [5, 5.41) is 5.88. The Morgan fingerprint density at radius 3 is 2.30 bits per heavy atom. The van der Waals surface area contributed by atoms with Gasteiger partial charge in [-0.25, -0.2) is 0 Å². The highest BCUT2D eigenvalue weighted by Crippen LogP contribution is 2.37. The molecule has 3 heteroatoms. The van der Waals surface area contributed by atoms with E-state index in [2.05, 4.69) is 90.0 Å². The van der Waals surface area contributed by atoms with Gasteiger partial charge in [0, 0.05) is 28.2 Å². The van der Waals surface area contributed by atoms with Crippen molar-refractivity contribution < 1.29 is 4.42 Å². The van der Waals surface area contributed by atoms with Crippen LogP contribution in [0.3, 0.4) is 0 Å². The van der Waals surface area contributed by atoms with Crippen LogP contribution in [0.1, 0.15) is 29.9 Å². The van der Waals surface area contributed by atoms with Gasteiger partial charge < -0.3 is 9.73 Å². The number of aryl methyl sites for hydroxylation is 2. The van der Waals surface area contributed by atoms with Crippen LogP contribution in [0.5, 0.6) is 0 Å². The van der Waals surface area contributed by atoms with Crippen molar-refractivity contribution in [3.8, 4) is 11.1 Å². The van der Waals surface area contributed by atoms with Crippen LogP contribution in [0.4, 0.5) is 5.69 Å². The molecule has 30 heavy (non-hydrogen) atoms. The van der Waals surface area contributed by atoms with E-state index in [0.29, 0.717) is 0 Å². The summed E-state index contributed by atoms with van der Waals surface area (Å²) in [5.74, 6) is 0. The maximum atomic E-state index is 6.28. The summed E-state index contributed by atoms with van der Waals surface area (Å²) in [4.78, 5) is 4.50. The smallest absolute Gasteiger partial charge is 0.158 e. The summed E-state index contributed by atoms with van der Waals surface area (Å²) in [6.07, 6.45) is 0. The highest BCUT2D eigenvalue weighted by atomic mass is 16.3. The van der Waals surface area contributed by atoms with Crippen molar-refractivity contribution in [2.24, 2.45) is 0 Å². The first-order valence-electron chi connectivity index (χ1n) is 10.3. The molecular weight excluding hydrogens is 368 g/mol. The lowest BCUT2D eigenvalue weighted by Crippen LogP contribution is -2.06. The van der Waals surface area contributed by atoms with Crippen molar-refractivity contribution >= 4 is 27.6 Å². The molecule has 0 saturated heterocycles. The number of rotatable bonds is 4. The van der Waals surface area contributed by atoms with Gasteiger partial charge in [-0.2, -0.15) is 0 Å². The minimum Gasteiger partial charge on any atom is -0.454 e. The van der Waals surface area contributed by atoms with Crippen molar-refractivity contribution in [1.82, 2.24) is 4.98 Å². The molecule has 3 nitrogen and oxygen atoms in total. The van der Waals surface area contributed by atoms with Crippen LogP contribution in [0, 0.1) is 13.8 Å². The molecule has 5 aromatic rings. The fourth-order valence-electron chi connectivity index (χ4n) is 4.15. The van der Waals surface area contributed by atoms with E-state index >= 15 is 0 Å². The van der Waals surface area contributed by atoms with Crippen LogP contribution >= 0.6 is 0 Å². The number of nitrogens with zero attached hydrogens (tertiary/aromatic N) is 1. The maximum Gasteiger partial charge on any atom is 0.158 e. The highest BCUT2D eigenvalue weighted by molar-refractivity contribution is 6.09. The lowest BCUT2D eigenvalue weighted by Gasteiger charge is -2.15. The van der Waals surface area contributed by atoms with Gasteiger partial charge in [-0.05, 0) is 67.8 Å². The second-order valence-corrected chi connectivity index (χ2v) is 7.91. The Labute approximate surface area is 176 Å². The fourth-order valence-corrected chi connectivity index (χ4v) is 4.15. The molecule has 3 aromatic carbocycles. The number of furan rings is 1. The van der Waals surface area contributed by atoms with Crippen molar-refractivity contribution in [2.45, 2.75) is 26.8 Å². The first-order valence-corrected chi connectivity index (χ1v) is 10.3. The number of hydrogen-bond acceptors (Lipinski definition) is 3. The van der Waals surface area contributed by atoms with Crippen molar-refractivity contribution in [3.63, 3.8) is 0 Å². The standard InChI is InChI=1S/C27H24N2O/c1-17-14-22(15-18(2)28-17)21-12-13-26-24(16-21)23-10-7-11-25(27(23)30-26)29-19(3)20-8-5-4-6-9-20/h4-16,19,29H,1-3H3. The molecule has 1 unspecified atom stereocenters. The molecule has 148 valence electrons. The molecule has 0 aliphatic carbocycles. The summed E-state index contributed by atoms with van der Waals surface area (Å²) >= 11 is 0. The zero-order valence-electron chi connectivity index (χ0n) is 17.4. The Balaban J connectivity index is 1.59. The molecule has 2 aromatic heterocycles. The lowest BCUT2D eigenvalue weighted by molar-refractivity contribution is 0.668. The third kappa shape index (κ3) is 3.33. The Morgan fingerprint density at radius 2 is 1.53 bits per heavy atom. The van der Waals surface area contributed by atoms with E-state index in [0.717, 1.165) is 39.0 Å². The van der Waals surface area contributed by atoms with Crippen molar-refractivity contribution in [3.05, 3.63) is 95.8 Å². The second-order valence-electron chi connectivity index (χ2n) is 7.91. The quantitative estimate of drug-likeness (QED) is 0.345. The predicted molar refractivity (Wildman–Crippen MR) is 125 cm³/mol. The topological polar surface area (TPSA) is 38.1 Å². The lowest BCUT2D eigenvalue weighted by atomic mass is 10.0. The zero-order chi connectivity index (χ0) is 20.7. The number of nitrogens with one attached hydrogen (secondary N) is 1. The third-order valence-corrected chi connectivity index (χ3v) is 5.58. The number of para-hydroxylation sites is 1. The van der Waals surface area contributed by atoms with Crippen molar-refractivity contribution in [1.29, 1.82) is 0 Å². The van der Waals surface area contributed by atoms with Gasteiger partial charge in [0.25, 0.3) is 0 Å². The molecule has 0 saturated carbocycles. The van der Waals surface area contributed by atoms with E-state index in [4.69, 9.17) is 4.42 Å². The van der Waals surface area contributed by atoms with E-state index in [-0.39, 0.29) is 6.04 Å². The molecule has 0 aliphatic heterocycles. The molecule has 0 amide bonds. The van der Waals surface area contributed by atoms with Crippen LogP contribution in [0.15, 0.2) is 83.3 Å². The SMILES string of the molecule is Cc1cc(-c2ccc3oc4c(NC(C)c5ccccc5)cccc4c3c2)cc(C)n1. The zero-order valence-corrected chi connectivity index (χ0v) is 17.4. The third-order valence-electron chi connectivity index (χ3n) is 5.58. The minimum atomic E-state index is 0.184. The molecule has 0 spiro atoms. The molecule has 1 N–H and O–H groups in total. The van der Waals surface area contributed by atoms with Crippen LogP contribution in [-0.4, -0.2) is 4.98 Å². The molecular formula is C27H24N2O. The normalized spacial score (nSPS) is 12.4. The van der Waals surface area contributed by atoms with Crippen LogP contribution < -0.4 is 5.32 Å². The summed E-state index contributed by atoms with van der Waals surface area (Å²) in [6, 6.07) is 27.6. The Bertz CT molecular complexity index is 1330. The Kier molecular flexibility index (Phi) is 4.51. The molecule has 0 bridgehead atoms. The largest absolute Gasteiger partial charge is 0.454 e. The van der Waals surface area contributed by atoms with Gasteiger partial charge in [-0.3, -0.25) is 4.98 Å². The van der Waals surface area contributed by atoms with Crippen LogP contribution in [0.2, 0.25) is 0 Å². The van der Waals surface area contributed by atoms with Gasteiger partial charge in [0.2, 0.25) is 0 Å². The van der Waals surface area contributed by atoms with Gasteiger partial charge in [-0.1, -0.05) is 48.5 Å². The fraction of sp³-hybridized carbons (Fsp3) is 0.148. The predicted octanol–water partition coefficient (Wildman–Crippen LogP) is 7.44. The number of benzene rings is 3. The molecule has 2 heterocycles. The average molecular weight is 393 g/mol. The van der Waals surface area contributed by atoms with Crippen LogP contribution in [0.25, 0.3) is 33.1 Å². The highest BCUT2D eigenvalue weighted by Gasteiger charge is 2.14. The van der Waals surface area contributed by atoms with Gasteiger partial charge >= 0.3 is 0 Å². The van der Waals surface area contributed by atoms with E-state index < -0.39 is 0 Å². The maximum absolute atomic E-state index is 6.28. The van der Waals surface area contributed by atoms with E-state index in [1.807, 2.05) is 19.9 Å². The molecule has 0 radical (unpaired) electrons. The summed E-state index contributed by atoms with van der Waals surface area (Å²) < 4.78 is 6.28. The van der Waals surface area contributed by atoms with Crippen LogP contribution in [-0.2, 0) is 0 Å². The molecule has 0 aliphatic rings. The van der Waals surface area contributed by atoms with Gasteiger partial charge in [-0.15, -0.1) is 0 Å². The molecule has 5 rings (SSSR count). The second kappa shape index (κ2) is 7.34. The first kappa shape index (κ1) is 18.4. The minimum absolute atomic E-state index is 0.184. The number of pyridine rings is 1. The number of hydrogen-bond donors (Lipinski definition) is 1. The van der Waals surface area contributed by atoms with Gasteiger partial charge in [0.05, 0.1) is 5.69 Å². The first-order chi connectivity index (χ1) is 14.6. The summed E-state index contributed by atoms with van der Waals surface area (Å²) in [5.41, 5.74) is 8.48. The van der Waals surface area contributed by atoms with Gasteiger partial charge in [0.15, 0.2) is 5.58 Å². The molecule has 1 atom stereocenters. The number of anilines is 1. The Hall–Kier alpha value is -3.59. The van der Waals surface area contributed by atoms with Crippen molar-refractivity contribution in [2.75, 3.05) is 5.32 Å². The number of aromatic nitrogens is 1. The van der Waals surface area contributed by atoms with Gasteiger partial charge in [0.1, 0.15) is 5.58 Å². The number of fused-ring (bicyclic) bond motifs is 3. The van der Waals surface area contributed by atoms with E-state index in [1.54, 1.807) is 0 Å². The molecule has 0 fully saturated rings. The van der Waals surface area contributed by atoms with E-state index in [9.17, 15) is 0 Å². The van der Waals surface area contributed by atoms with E-state index in [1.165, 1.54) is 16.7 Å².